The molecule has 32 heteroatoms. The molecule has 28 nitrogen and oxygen atoms in total. The van der Waals surface area contributed by atoms with E-state index in [0.29, 0.717) is 88.8 Å². The first-order valence-electron chi connectivity index (χ1n) is 44.8. The van der Waals surface area contributed by atoms with E-state index in [9.17, 15) is 72.5 Å². The van der Waals surface area contributed by atoms with Crippen molar-refractivity contribution >= 4 is 125 Å². The second kappa shape index (κ2) is 41.0. The molecule has 4 fully saturated rings. The van der Waals surface area contributed by atoms with Gasteiger partial charge in [-0.2, -0.15) is 10.5 Å². The van der Waals surface area contributed by atoms with Crippen molar-refractivity contribution in [2.75, 3.05) is 80.7 Å². The summed E-state index contributed by atoms with van der Waals surface area (Å²) in [5, 5.41) is 24.7. The Morgan fingerprint density at radius 1 is 0.378 bits per heavy atom. The molecule has 0 bridgehead atoms. The number of amides is 3. The first-order valence-corrected chi connectivity index (χ1v) is 50.6. The fraction of sp³-hybridized carbons (Fsp3) is 0.350. The average Bonchev–Trinajstić information content (AvgIpc) is 1.61. The molecule has 4 saturated heterocycles. The lowest BCUT2D eigenvalue weighted by molar-refractivity contribution is -0.130. The van der Waals surface area contributed by atoms with Gasteiger partial charge in [-0.15, -0.1) is 0 Å². The Morgan fingerprint density at radius 3 is 0.881 bits per heavy atom. The van der Waals surface area contributed by atoms with Gasteiger partial charge in [0, 0.05) is 102 Å². The number of hydrogen-bond acceptors (Lipinski definition) is 21. The van der Waals surface area contributed by atoms with E-state index in [-0.39, 0.29) is 83.4 Å². The van der Waals surface area contributed by atoms with Gasteiger partial charge < -0.3 is 34.4 Å². The number of Topliss-reactive ketones (excluding diaryl/α,β-unsaturated/α-hetero) is 2. The highest BCUT2D eigenvalue weighted by atomic mass is 32.2. The Bertz CT molecular complexity index is 7270. The van der Waals surface area contributed by atoms with Crippen molar-refractivity contribution < 1.29 is 76.7 Å². The number of aryl methyl sites for hydroxylation is 8. The summed E-state index contributed by atoms with van der Waals surface area (Å²) >= 11 is 0. The highest BCUT2D eigenvalue weighted by molar-refractivity contribution is 7.91. The summed E-state index contributed by atoms with van der Waals surface area (Å²) in [5.41, 5.74) is 13.6. The minimum atomic E-state index is -4.17. The van der Waals surface area contributed by atoms with E-state index in [2.05, 4.69) is 5.32 Å². The zero-order valence-electron chi connectivity index (χ0n) is 78.6. The molecule has 8 heterocycles. The number of piperidine rings is 4. The van der Waals surface area contributed by atoms with Gasteiger partial charge in [0.05, 0.1) is 61.9 Å². The van der Waals surface area contributed by atoms with Gasteiger partial charge in [-0.1, -0.05) is 70.8 Å². The second-order valence-electron chi connectivity index (χ2n) is 35.6. The zero-order valence-corrected chi connectivity index (χ0v) is 81.9. The summed E-state index contributed by atoms with van der Waals surface area (Å²) in [7, 11) is -10.4. The van der Waals surface area contributed by atoms with Crippen LogP contribution in [0.5, 0.6) is 0 Å². The number of esters is 2. The molecule has 0 saturated carbocycles. The van der Waals surface area contributed by atoms with E-state index in [1.54, 1.807) is 137 Å². The molecule has 16 rings (SSSR count). The molecule has 0 spiro atoms. The number of aromatic nitrogens is 4. The molecule has 0 unspecified atom stereocenters. The van der Waals surface area contributed by atoms with Gasteiger partial charge in [0.15, 0.2) is 5.78 Å². The van der Waals surface area contributed by atoms with E-state index >= 15 is 0 Å². The van der Waals surface area contributed by atoms with Crippen LogP contribution in [-0.2, 0) is 64.0 Å². The summed E-state index contributed by atoms with van der Waals surface area (Å²) in [5.74, 6) is -1.50. The Morgan fingerprint density at radius 2 is 0.630 bits per heavy atom. The second-order valence-corrected chi connectivity index (χ2v) is 42.7. The maximum absolute atomic E-state index is 14.0. The molecule has 4 aliphatic heterocycles. The number of fused-ring (bicyclic) bond motifs is 4. The van der Waals surface area contributed by atoms with Crippen LogP contribution in [0.15, 0.2) is 201 Å². The van der Waals surface area contributed by atoms with Crippen molar-refractivity contribution in [1.82, 2.24) is 40.8 Å². The minimum absolute atomic E-state index is 0.00920. The third-order valence-electron chi connectivity index (χ3n) is 26.0. The fourth-order valence-corrected chi connectivity index (χ4v) is 24.7. The largest absolute Gasteiger partial charge is 0.464 e. The van der Waals surface area contributed by atoms with Crippen molar-refractivity contribution in [2.45, 2.75) is 177 Å². The molecule has 0 atom stereocenters. The lowest BCUT2D eigenvalue weighted by atomic mass is 9.86. The van der Waals surface area contributed by atoms with Crippen LogP contribution >= 0.6 is 0 Å². The van der Waals surface area contributed by atoms with Crippen molar-refractivity contribution in [3.63, 3.8) is 0 Å². The molecule has 706 valence electrons. The number of nitrogens with zero attached hydrogens (tertiary/aromatic N) is 10. The van der Waals surface area contributed by atoms with E-state index in [1.807, 2.05) is 131 Å². The van der Waals surface area contributed by atoms with Crippen LogP contribution in [0.2, 0.25) is 0 Å². The maximum Gasteiger partial charge on any atom is 0.355 e. The smallest absolute Gasteiger partial charge is 0.355 e. The number of benzene rings is 8. The molecule has 1 N–H and O–H groups in total. The molecular weight excluding hydrogens is 1790 g/mol. The molecular formula is C103H113N11O17S4. The highest BCUT2D eigenvalue weighted by Gasteiger charge is 2.37. The normalized spacial score (nSPS) is 15.1. The standard InChI is InChI=1S/C29H32N4O4S.C26H27N3O4S.C25H28N2O5S.C23H26N2O4S/c1-19-6-8-25(9-7-19)38(36,37)33-27-16-26(22-10-12-32(13-11-22)21(3)34)20(2)14-23(27)15-28(33)29(35)24(17-30)18-31(4)5;1-17-4-6-22(7-5-17)34(32,33)29-24-16-23(20-9-12-28(13-10-20)19(3)30)18(2)14-21(24)15-25(29)26(31)8-11-27;1-16-5-7-21(8-6-16)33(30,31)27-23-15-22(19-9-11-26(12-10-19)18(3)28)17(2)13-20(23)14-24(27)25(29)32-4;1-15-4-6-19(7-5-15)30(27,28)25-21-14-20(17-8-10-24-11-9-17)16(2)12-18(21)13-22(25)23(26)29-3/h6-9,14-16,18,22H,10-13H2,1-5H3;4-7,14-16,20H,8-10,12-13H2,1-3H3;5-8,13-15,19H,9-12H2,1-4H3;4-7,12-14,17,24H,8-11H2,1-3H3/b24-18+;;;. The SMILES string of the molecule is CC(=O)N1CCC(c2cc3c(cc2C)cc(C(=O)/C(C#N)=C/N(C)C)n3S(=O)(=O)c2ccc(C)cc2)CC1.CC(=O)N1CCC(c2cc3c(cc2C)cc(C(=O)CC#N)n3S(=O)(=O)c2ccc(C)cc2)CC1.COC(=O)c1cc2cc(C)c(C3CCN(C(C)=O)CC3)cc2n1S(=O)(=O)c1ccc(C)cc1.COC(=O)c1cc2cc(C)c(C3CCNCC3)cc2n1S(=O)(=O)c1ccc(C)cc1. The minimum Gasteiger partial charge on any atom is -0.464 e. The molecule has 0 aliphatic carbocycles. The van der Waals surface area contributed by atoms with Crippen LogP contribution in [0.3, 0.4) is 0 Å². The van der Waals surface area contributed by atoms with Crippen LogP contribution in [0, 0.1) is 78.1 Å². The first-order chi connectivity index (χ1) is 64.0. The quantitative estimate of drug-likeness (QED) is 0.0340. The van der Waals surface area contributed by atoms with Gasteiger partial charge in [0.1, 0.15) is 40.8 Å². The van der Waals surface area contributed by atoms with Crippen LogP contribution < -0.4 is 5.32 Å². The zero-order chi connectivity index (χ0) is 97.8. The van der Waals surface area contributed by atoms with Gasteiger partial charge >= 0.3 is 11.9 Å². The van der Waals surface area contributed by atoms with Gasteiger partial charge in [0.2, 0.25) is 23.5 Å². The van der Waals surface area contributed by atoms with Crippen molar-refractivity contribution in [3.8, 4) is 12.1 Å². The molecule has 8 aromatic carbocycles. The predicted octanol–water partition coefficient (Wildman–Crippen LogP) is 16.4. The van der Waals surface area contributed by atoms with Crippen molar-refractivity contribution in [1.29, 1.82) is 10.5 Å². The summed E-state index contributed by atoms with van der Waals surface area (Å²) in [6.45, 7) is 26.1. The maximum atomic E-state index is 14.0. The number of rotatable bonds is 19. The Kier molecular flexibility index (Phi) is 30.2. The Balaban J connectivity index is 0.000000153. The lowest BCUT2D eigenvalue weighted by Gasteiger charge is -2.32. The van der Waals surface area contributed by atoms with Crippen LogP contribution in [0.25, 0.3) is 43.6 Å². The summed E-state index contributed by atoms with van der Waals surface area (Å²) in [6, 6.07) is 51.5. The third kappa shape index (κ3) is 20.9. The monoisotopic (exact) mass is 1900 g/mol. The van der Waals surface area contributed by atoms with Gasteiger partial charge in [-0.05, 0) is 309 Å². The number of ketones is 2. The van der Waals surface area contributed by atoms with Gasteiger partial charge in [-0.3, -0.25) is 24.0 Å². The van der Waals surface area contributed by atoms with Crippen LogP contribution in [0.4, 0.5) is 0 Å². The molecule has 0 radical (unpaired) electrons. The average molecular weight is 1910 g/mol. The summed E-state index contributed by atoms with van der Waals surface area (Å²) in [6.07, 6.45) is 7.72. The number of methoxy groups -OCH3 is 2. The van der Waals surface area contributed by atoms with E-state index in [1.165, 1.54) is 44.7 Å². The van der Waals surface area contributed by atoms with Crippen LogP contribution in [-0.4, -0.2) is 191 Å². The first kappa shape index (κ1) is 99.4. The Hall–Kier alpha value is -13.1. The highest BCUT2D eigenvalue weighted by Crippen LogP contribution is 2.42. The molecule has 3 amide bonds. The van der Waals surface area contributed by atoms with E-state index in [4.69, 9.17) is 14.7 Å². The number of hydrogen-bond donors (Lipinski definition) is 1. The van der Waals surface area contributed by atoms with Crippen molar-refractivity contribution in [3.05, 3.63) is 271 Å². The molecule has 12 aromatic rings. The number of nitrogens with one attached hydrogen (secondary N) is 1. The van der Waals surface area contributed by atoms with Gasteiger partial charge in [-0.25, -0.2) is 59.1 Å². The molecule has 135 heavy (non-hydrogen) atoms. The predicted molar refractivity (Wildman–Crippen MR) is 518 cm³/mol. The molecule has 4 aromatic heterocycles. The lowest BCUT2D eigenvalue weighted by Crippen LogP contribution is -2.36. The third-order valence-corrected chi connectivity index (χ3v) is 33.0. The summed E-state index contributed by atoms with van der Waals surface area (Å²) in [4.78, 5) is 94.1. The van der Waals surface area contributed by atoms with Gasteiger partial charge in [0.25, 0.3) is 40.1 Å². The van der Waals surface area contributed by atoms with Crippen LogP contribution in [0.1, 0.15) is 211 Å². The number of ether oxygens (including phenoxy) is 2. The fourth-order valence-electron chi connectivity index (χ4n) is 18.7. The molecule has 4 aliphatic rings. The summed E-state index contributed by atoms with van der Waals surface area (Å²) < 4.78 is 124. The van der Waals surface area contributed by atoms with E-state index in [0.717, 1.165) is 147 Å². The number of carbonyl (C=O) groups is 7. The number of likely N-dealkylation sites (tertiary alicyclic amines) is 3. The number of carbonyl (C=O) groups excluding carboxylic acids is 7. The number of allylic oxidation sites excluding steroid dienone is 1. The van der Waals surface area contributed by atoms with E-state index < -0.39 is 70.0 Å². The van der Waals surface area contributed by atoms with Crippen molar-refractivity contribution in [2.24, 2.45) is 0 Å². The topological polar surface area (TPSA) is 367 Å². The Labute approximate surface area is 788 Å². The number of nitriles is 2.